The zero-order valence-corrected chi connectivity index (χ0v) is 11.6. The number of halogens is 4. The maximum absolute atomic E-state index is 13.2. The van der Waals surface area contributed by atoms with E-state index in [2.05, 4.69) is 4.74 Å². The lowest BCUT2D eigenvalue weighted by Gasteiger charge is -2.20. The highest BCUT2D eigenvalue weighted by Gasteiger charge is 2.43. The van der Waals surface area contributed by atoms with Crippen molar-refractivity contribution in [3.63, 3.8) is 0 Å². The van der Waals surface area contributed by atoms with Gasteiger partial charge in [0.25, 0.3) is 5.63 Å². The molecule has 1 atom stereocenters. The second-order valence-corrected chi connectivity index (χ2v) is 4.50. The fourth-order valence-corrected chi connectivity index (χ4v) is 1.33. The molecular weight excluding hydrogens is 295 g/mol. The number of hydrogen-bond acceptors (Lipinski definition) is 3. The largest absolute Gasteiger partial charge is 0.444 e. The Bertz CT molecular complexity index is 490. The first-order valence-corrected chi connectivity index (χ1v) is 6.00. The van der Waals surface area contributed by atoms with E-state index in [1.807, 2.05) is 0 Å². The number of hydrogen-bond donors (Lipinski definition) is 0. The van der Waals surface area contributed by atoms with Crippen molar-refractivity contribution >= 4 is 17.4 Å². The van der Waals surface area contributed by atoms with Crippen molar-refractivity contribution in [2.75, 3.05) is 14.1 Å². The third-order valence-electron chi connectivity index (χ3n) is 2.14. The van der Waals surface area contributed by atoms with Crippen LogP contribution in [0.1, 0.15) is 10.4 Å². The molecule has 1 rings (SSSR count). The molecule has 1 aromatic rings. The molecule has 0 heterocycles. The van der Waals surface area contributed by atoms with Gasteiger partial charge in [0.2, 0.25) is 5.78 Å². The van der Waals surface area contributed by atoms with Gasteiger partial charge in [0.05, 0.1) is 0 Å². The first-order valence-electron chi connectivity index (χ1n) is 5.57. The number of allylic oxidation sites excluding steroid dienone is 1. The van der Waals surface area contributed by atoms with E-state index < -0.39 is 23.3 Å². The molecule has 1 aromatic carbocycles. The van der Waals surface area contributed by atoms with Crippen molar-refractivity contribution in [2.24, 2.45) is 0 Å². The smallest absolute Gasteiger partial charge is 0.424 e. The lowest BCUT2D eigenvalue weighted by Crippen LogP contribution is -2.31. The van der Waals surface area contributed by atoms with Crippen LogP contribution in [-0.2, 0) is 4.74 Å². The number of alkyl halides is 4. The van der Waals surface area contributed by atoms with E-state index in [1.54, 1.807) is 18.2 Å². The summed E-state index contributed by atoms with van der Waals surface area (Å²) in [5.74, 6) is -1.49. The van der Waals surface area contributed by atoms with Crippen LogP contribution >= 0.6 is 11.6 Å². The standard InChI is InChI=1S/C13H13ClF3NO2/c1-18(2)8-10(20-13(16,17)12(14)15)11(19)9-6-4-3-5-7-9/h3-8,12H,1-2H3/b10-8-. The molecule has 0 aliphatic rings. The van der Waals surface area contributed by atoms with Crippen LogP contribution in [0.25, 0.3) is 0 Å². The molecule has 7 heteroatoms. The van der Waals surface area contributed by atoms with E-state index in [1.165, 1.54) is 31.1 Å². The summed E-state index contributed by atoms with van der Waals surface area (Å²) in [6.45, 7) is 0. The molecule has 0 radical (unpaired) electrons. The highest BCUT2D eigenvalue weighted by Crippen LogP contribution is 2.29. The lowest BCUT2D eigenvalue weighted by atomic mass is 10.1. The first kappa shape index (κ1) is 16.4. The van der Waals surface area contributed by atoms with Crippen LogP contribution in [0, 0.1) is 0 Å². The van der Waals surface area contributed by atoms with Crippen LogP contribution < -0.4 is 0 Å². The molecule has 0 saturated carbocycles. The van der Waals surface area contributed by atoms with Crippen molar-refractivity contribution in [3.8, 4) is 0 Å². The number of carbonyl (C=O) groups is 1. The Morgan fingerprint density at radius 3 is 2.35 bits per heavy atom. The van der Waals surface area contributed by atoms with E-state index in [9.17, 15) is 18.0 Å². The van der Waals surface area contributed by atoms with Gasteiger partial charge >= 0.3 is 6.11 Å². The SMILES string of the molecule is CN(C)/C=C(\OC(F)(F)C(F)Cl)C(=O)c1ccccc1. The molecule has 0 aromatic heterocycles. The summed E-state index contributed by atoms with van der Waals surface area (Å²) in [6.07, 6.45) is -3.27. The number of benzene rings is 1. The Labute approximate surface area is 119 Å². The van der Waals surface area contributed by atoms with Gasteiger partial charge in [0.1, 0.15) is 0 Å². The van der Waals surface area contributed by atoms with Crippen molar-refractivity contribution < 1.29 is 22.7 Å². The van der Waals surface area contributed by atoms with Crippen molar-refractivity contribution in [3.05, 3.63) is 47.9 Å². The normalized spacial score (nSPS) is 13.8. The fraction of sp³-hybridized carbons (Fsp3) is 0.308. The highest BCUT2D eigenvalue weighted by molar-refractivity contribution is 6.20. The number of ether oxygens (including phenoxy) is 1. The van der Waals surface area contributed by atoms with Gasteiger partial charge in [-0.3, -0.25) is 4.79 Å². The molecule has 0 fully saturated rings. The van der Waals surface area contributed by atoms with E-state index in [-0.39, 0.29) is 5.56 Å². The molecule has 0 bridgehead atoms. The summed E-state index contributed by atoms with van der Waals surface area (Å²) in [4.78, 5) is 13.4. The maximum atomic E-state index is 13.2. The van der Waals surface area contributed by atoms with Crippen molar-refractivity contribution in [2.45, 2.75) is 11.7 Å². The number of Topliss-reactive ketones (excluding diaryl/α,β-unsaturated/α-hetero) is 1. The summed E-state index contributed by atoms with van der Waals surface area (Å²) < 4.78 is 43.1. The molecule has 0 aliphatic carbocycles. The average Bonchev–Trinajstić information content (AvgIpc) is 2.37. The Balaban J connectivity index is 3.06. The van der Waals surface area contributed by atoms with Crippen molar-refractivity contribution in [1.82, 2.24) is 4.90 Å². The second kappa shape index (κ2) is 6.65. The number of carbonyl (C=O) groups excluding carboxylic acids is 1. The third kappa shape index (κ3) is 4.45. The van der Waals surface area contributed by atoms with Crippen LogP contribution in [0.4, 0.5) is 13.2 Å². The molecule has 1 unspecified atom stereocenters. The molecule has 3 nitrogen and oxygen atoms in total. The van der Waals surface area contributed by atoms with Gasteiger partial charge in [-0.15, -0.1) is 0 Å². The second-order valence-electron chi connectivity index (χ2n) is 4.12. The fourth-order valence-electron chi connectivity index (χ4n) is 1.29. The third-order valence-corrected chi connectivity index (χ3v) is 2.39. The predicted octanol–water partition coefficient (Wildman–Crippen LogP) is 3.42. The van der Waals surface area contributed by atoms with E-state index in [0.717, 1.165) is 6.20 Å². The Kier molecular flexibility index (Phi) is 5.44. The maximum Gasteiger partial charge on any atom is 0.444 e. The monoisotopic (exact) mass is 307 g/mol. The van der Waals surface area contributed by atoms with Crippen LogP contribution in [-0.4, -0.2) is 36.5 Å². The summed E-state index contributed by atoms with van der Waals surface area (Å²) in [7, 11) is 3.01. The van der Waals surface area contributed by atoms with Crippen LogP contribution in [0.3, 0.4) is 0 Å². The summed E-state index contributed by atoms with van der Waals surface area (Å²) in [5, 5.41) is 0. The molecule has 110 valence electrons. The summed E-state index contributed by atoms with van der Waals surface area (Å²) >= 11 is 4.71. The Hall–Kier alpha value is -1.69. The minimum absolute atomic E-state index is 0.140. The van der Waals surface area contributed by atoms with Gasteiger partial charge in [-0.2, -0.15) is 8.78 Å². The van der Waals surface area contributed by atoms with Gasteiger partial charge in [0, 0.05) is 25.9 Å². The first-order chi connectivity index (χ1) is 9.24. The molecule has 0 aliphatic heterocycles. The zero-order valence-electron chi connectivity index (χ0n) is 10.8. The minimum atomic E-state index is -4.30. The summed E-state index contributed by atoms with van der Waals surface area (Å²) in [6, 6.07) is 7.66. The quantitative estimate of drug-likeness (QED) is 0.349. The average molecular weight is 308 g/mol. The number of ketones is 1. The van der Waals surface area contributed by atoms with Crippen molar-refractivity contribution in [1.29, 1.82) is 0 Å². The molecule has 0 saturated heterocycles. The molecule has 20 heavy (non-hydrogen) atoms. The lowest BCUT2D eigenvalue weighted by molar-refractivity contribution is -0.231. The van der Waals surface area contributed by atoms with Crippen LogP contribution in [0.2, 0.25) is 0 Å². The van der Waals surface area contributed by atoms with Gasteiger partial charge in [-0.05, 0) is 0 Å². The van der Waals surface area contributed by atoms with Gasteiger partial charge in [0.15, 0.2) is 5.76 Å². The van der Waals surface area contributed by atoms with Gasteiger partial charge < -0.3 is 9.64 Å². The molecule has 0 spiro atoms. The minimum Gasteiger partial charge on any atom is -0.424 e. The Morgan fingerprint density at radius 1 is 1.35 bits per heavy atom. The highest BCUT2D eigenvalue weighted by atomic mass is 35.5. The number of rotatable bonds is 6. The molecule has 0 amide bonds. The van der Waals surface area contributed by atoms with E-state index >= 15 is 0 Å². The zero-order chi connectivity index (χ0) is 15.3. The topological polar surface area (TPSA) is 29.5 Å². The molecular formula is C13H13ClF3NO2. The van der Waals surface area contributed by atoms with Gasteiger partial charge in [-0.25, -0.2) is 4.39 Å². The predicted molar refractivity (Wildman–Crippen MR) is 69.3 cm³/mol. The van der Waals surface area contributed by atoms with Crippen LogP contribution in [0.5, 0.6) is 0 Å². The van der Waals surface area contributed by atoms with E-state index in [4.69, 9.17) is 11.6 Å². The van der Waals surface area contributed by atoms with E-state index in [0.29, 0.717) is 0 Å². The number of nitrogens with zero attached hydrogens (tertiary/aromatic N) is 1. The Morgan fingerprint density at radius 2 is 1.90 bits per heavy atom. The van der Waals surface area contributed by atoms with Gasteiger partial charge in [-0.1, -0.05) is 41.9 Å². The molecule has 0 N–H and O–H groups in total. The van der Waals surface area contributed by atoms with Crippen LogP contribution in [0.15, 0.2) is 42.3 Å². The summed E-state index contributed by atoms with van der Waals surface area (Å²) in [5.41, 5.74) is -2.92.